The largest absolute Gasteiger partial charge is 0.382 e. The zero-order chi connectivity index (χ0) is 16.4. The maximum atomic E-state index is 13.0. The minimum absolute atomic E-state index is 0.00917. The van der Waals surface area contributed by atoms with Crippen molar-refractivity contribution in [1.82, 2.24) is 15.0 Å². The normalized spacial score (nSPS) is 10.5. The second kappa shape index (κ2) is 5.88. The van der Waals surface area contributed by atoms with E-state index in [1.807, 2.05) is 19.1 Å². The van der Waals surface area contributed by atoms with Gasteiger partial charge in [0.15, 0.2) is 11.5 Å². The molecule has 0 fully saturated rings. The van der Waals surface area contributed by atoms with E-state index < -0.39 is 5.91 Å². The zero-order valence-corrected chi connectivity index (χ0v) is 12.3. The molecule has 0 saturated heterocycles. The van der Waals surface area contributed by atoms with Crippen LogP contribution in [0.15, 0.2) is 48.5 Å². The fourth-order valence-electron chi connectivity index (χ4n) is 2.05. The molecule has 23 heavy (non-hydrogen) atoms. The number of nitrogens with one attached hydrogen (secondary N) is 1. The smallest absolute Gasteiger partial charge is 0.280 e. The van der Waals surface area contributed by atoms with Gasteiger partial charge in [-0.2, -0.15) is 4.68 Å². The Morgan fingerprint density at radius 2 is 1.78 bits per heavy atom. The highest BCUT2D eigenvalue weighted by Gasteiger charge is 2.18. The number of nitrogen functional groups attached to an aromatic ring is 1. The van der Waals surface area contributed by atoms with Gasteiger partial charge in [0.1, 0.15) is 5.82 Å². The molecule has 0 bridgehead atoms. The minimum atomic E-state index is -0.459. The van der Waals surface area contributed by atoms with E-state index in [1.165, 1.54) is 28.9 Å². The number of hydrogen-bond donors (Lipinski definition) is 2. The molecule has 116 valence electrons. The molecule has 0 atom stereocenters. The van der Waals surface area contributed by atoms with Gasteiger partial charge < -0.3 is 11.1 Å². The van der Waals surface area contributed by atoms with Crippen molar-refractivity contribution in [3.05, 3.63) is 65.6 Å². The number of aromatic nitrogens is 3. The Kier molecular flexibility index (Phi) is 3.76. The average Bonchev–Trinajstić information content (AvgIpc) is 2.92. The van der Waals surface area contributed by atoms with E-state index in [4.69, 9.17) is 5.73 Å². The van der Waals surface area contributed by atoms with Crippen molar-refractivity contribution in [2.45, 2.75) is 6.92 Å². The third kappa shape index (κ3) is 3.03. The van der Waals surface area contributed by atoms with Crippen LogP contribution in [-0.4, -0.2) is 20.9 Å². The van der Waals surface area contributed by atoms with Crippen molar-refractivity contribution in [1.29, 1.82) is 0 Å². The van der Waals surface area contributed by atoms with Crippen molar-refractivity contribution in [3.63, 3.8) is 0 Å². The quantitative estimate of drug-likeness (QED) is 0.778. The first kappa shape index (κ1) is 14.7. The van der Waals surface area contributed by atoms with Gasteiger partial charge in [-0.3, -0.25) is 4.79 Å². The van der Waals surface area contributed by atoms with Crippen molar-refractivity contribution >= 4 is 17.4 Å². The SMILES string of the molecule is Cc1ccc(NC(=O)c2nnn(-c3ccc(F)cc3)c2N)cc1. The Morgan fingerprint density at radius 1 is 1.13 bits per heavy atom. The number of anilines is 2. The molecule has 1 heterocycles. The summed E-state index contributed by atoms with van der Waals surface area (Å²) in [5.41, 5.74) is 8.19. The predicted molar refractivity (Wildman–Crippen MR) is 84.9 cm³/mol. The molecule has 0 aliphatic heterocycles. The van der Waals surface area contributed by atoms with Crippen LogP contribution >= 0.6 is 0 Å². The molecule has 0 saturated carbocycles. The van der Waals surface area contributed by atoms with Crippen molar-refractivity contribution < 1.29 is 9.18 Å². The Bertz CT molecular complexity index is 840. The Hall–Kier alpha value is -3.22. The molecule has 2 aromatic carbocycles. The first-order chi connectivity index (χ1) is 11.0. The predicted octanol–water partition coefficient (Wildman–Crippen LogP) is 2.55. The summed E-state index contributed by atoms with van der Waals surface area (Å²) in [7, 11) is 0. The molecule has 0 radical (unpaired) electrons. The van der Waals surface area contributed by atoms with Gasteiger partial charge in [0.2, 0.25) is 0 Å². The maximum absolute atomic E-state index is 13.0. The number of aryl methyl sites for hydroxylation is 1. The highest BCUT2D eigenvalue weighted by molar-refractivity contribution is 6.05. The summed E-state index contributed by atoms with van der Waals surface area (Å²) in [6.45, 7) is 1.96. The van der Waals surface area contributed by atoms with E-state index >= 15 is 0 Å². The number of amides is 1. The van der Waals surface area contributed by atoms with E-state index in [0.29, 0.717) is 11.4 Å². The summed E-state index contributed by atoms with van der Waals surface area (Å²) >= 11 is 0. The molecule has 3 N–H and O–H groups in total. The molecule has 7 heteroatoms. The molecule has 1 aromatic heterocycles. The first-order valence-electron chi connectivity index (χ1n) is 6.90. The van der Waals surface area contributed by atoms with Gasteiger partial charge in [-0.25, -0.2) is 4.39 Å². The van der Waals surface area contributed by atoms with E-state index in [-0.39, 0.29) is 17.3 Å². The highest BCUT2D eigenvalue weighted by Crippen LogP contribution is 2.17. The number of nitrogens with two attached hydrogens (primary N) is 1. The fraction of sp³-hybridized carbons (Fsp3) is 0.0625. The Labute approximate surface area is 131 Å². The summed E-state index contributed by atoms with van der Waals surface area (Å²) in [6.07, 6.45) is 0. The summed E-state index contributed by atoms with van der Waals surface area (Å²) < 4.78 is 14.2. The number of halogens is 1. The lowest BCUT2D eigenvalue weighted by molar-refractivity contribution is 0.102. The number of carbonyl (C=O) groups is 1. The summed E-state index contributed by atoms with van der Waals surface area (Å²) in [5, 5.41) is 10.4. The zero-order valence-electron chi connectivity index (χ0n) is 12.3. The third-order valence-corrected chi connectivity index (χ3v) is 3.30. The van der Waals surface area contributed by atoms with Crippen LogP contribution in [0.2, 0.25) is 0 Å². The summed E-state index contributed by atoms with van der Waals surface area (Å²) in [4.78, 5) is 12.3. The Morgan fingerprint density at radius 3 is 2.43 bits per heavy atom. The van der Waals surface area contributed by atoms with Gasteiger partial charge in [0.25, 0.3) is 5.91 Å². The van der Waals surface area contributed by atoms with Crippen LogP contribution in [0.5, 0.6) is 0 Å². The van der Waals surface area contributed by atoms with Gasteiger partial charge >= 0.3 is 0 Å². The number of nitrogens with zero attached hydrogens (tertiary/aromatic N) is 3. The van der Waals surface area contributed by atoms with Crippen molar-refractivity contribution in [2.24, 2.45) is 0 Å². The number of carbonyl (C=O) groups excluding carboxylic acids is 1. The second-order valence-electron chi connectivity index (χ2n) is 5.03. The number of benzene rings is 2. The third-order valence-electron chi connectivity index (χ3n) is 3.30. The molecule has 0 spiro atoms. The maximum Gasteiger partial charge on any atom is 0.280 e. The molecule has 3 rings (SSSR count). The average molecular weight is 311 g/mol. The van der Waals surface area contributed by atoms with E-state index in [0.717, 1.165) is 5.56 Å². The topological polar surface area (TPSA) is 85.8 Å². The van der Waals surface area contributed by atoms with Crippen LogP contribution in [-0.2, 0) is 0 Å². The summed E-state index contributed by atoms with van der Waals surface area (Å²) in [6, 6.07) is 12.9. The second-order valence-corrected chi connectivity index (χ2v) is 5.03. The molecule has 1 amide bonds. The van der Waals surface area contributed by atoms with Gasteiger partial charge in [0, 0.05) is 5.69 Å². The highest BCUT2D eigenvalue weighted by atomic mass is 19.1. The molecule has 0 unspecified atom stereocenters. The lowest BCUT2D eigenvalue weighted by atomic mass is 10.2. The molecular formula is C16H14FN5O. The van der Waals surface area contributed by atoms with Crippen molar-refractivity contribution in [2.75, 3.05) is 11.1 Å². The lowest BCUT2D eigenvalue weighted by Gasteiger charge is -2.05. The first-order valence-corrected chi connectivity index (χ1v) is 6.90. The van der Waals surface area contributed by atoms with Gasteiger partial charge in [0.05, 0.1) is 5.69 Å². The van der Waals surface area contributed by atoms with Crippen LogP contribution in [0.3, 0.4) is 0 Å². The fourth-order valence-corrected chi connectivity index (χ4v) is 2.05. The molecule has 0 aliphatic carbocycles. The summed E-state index contributed by atoms with van der Waals surface area (Å²) in [5.74, 6) is -0.745. The minimum Gasteiger partial charge on any atom is -0.382 e. The lowest BCUT2D eigenvalue weighted by Crippen LogP contribution is -2.15. The van der Waals surface area contributed by atoms with Gasteiger partial charge in [-0.05, 0) is 43.3 Å². The van der Waals surface area contributed by atoms with Gasteiger partial charge in [-0.1, -0.05) is 22.9 Å². The monoisotopic (exact) mass is 311 g/mol. The van der Waals surface area contributed by atoms with Gasteiger partial charge in [-0.15, -0.1) is 5.10 Å². The molecule has 3 aromatic rings. The van der Waals surface area contributed by atoms with E-state index in [2.05, 4.69) is 15.6 Å². The van der Waals surface area contributed by atoms with Crippen LogP contribution in [0, 0.1) is 12.7 Å². The number of rotatable bonds is 3. The van der Waals surface area contributed by atoms with E-state index in [9.17, 15) is 9.18 Å². The van der Waals surface area contributed by atoms with E-state index in [1.54, 1.807) is 12.1 Å². The molecule has 6 nitrogen and oxygen atoms in total. The van der Waals surface area contributed by atoms with Crippen LogP contribution in [0.1, 0.15) is 16.1 Å². The Balaban J connectivity index is 1.85. The number of hydrogen-bond acceptors (Lipinski definition) is 4. The molecule has 0 aliphatic rings. The van der Waals surface area contributed by atoms with Crippen LogP contribution in [0.25, 0.3) is 5.69 Å². The van der Waals surface area contributed by atoms with Crippen LogP contribution in [0.4, 0.5) is 15.9 Å². The van der Waals surface area contributed by atoms with Crippen LogP contribution < -0.4 is 11.1 Å². The standard InChI is InChI=1S/C16H14FN5O/c1-10-2-6-12(7-3-10)19-16(23)14-15(18)22(21-20-14)13-8-4-11(17)5-9-13/h2-9H,18H2,1H3,(H,19,23). The van der Waals surface area contributed by atoms with Crippen molar-refractivity contribution in [3.8, 4) is 5.69 Å². The molecular weight excluding hydrogens is 297 g/mol.